The number of hydrogen-bond acceptors (Lipinski definition) is 5. The molecule has 4 N–H and O–H groups in total. The van der Waals surface area contributed by atoms with E-state index in [9.17, 15) is 14.4 Å². The number of nitrogens with zero attached hydrogens (tertiary/aromatic N) is 1. The normalized spacial score (nSPS) is 19.3. The summed E-state index contributed by atoms with van der Waals surface area (Å²) in [7, 11) is 0. The van der Waals surface area contributed by atoms with Gasteiger partial charge in [0.2, 0.25) is 5.91 Å². The molecule has 1 fully saturated rings. The Labute approximate surface area is 186 Å². The quantitative estimate of drug-likeness (QED) is 0.663. The van der Waals surface area contributed by atoms with Gasteiger partial charge in [-0.1, -0.05) is 25.3 Å². The van der Waals surface area contributed by atoms with Crippen LogP contribution in [-0.2, 0) is 4.79 Å². The second-order valence-corrected chi connectivity index (χ2v) is 9.09. The first-order valence-electron chi connectivity index (χ1n) is 10.9. The van der Waals surface area contributed by atoms with Gasteiger partial charge in [-0.05, 0) is 48.4 Å². The van der Waals surface area contributed by atoms with Crippen LogP contribution in [0.3, 0.4) is 0 Å². The number of carbonyl (C=O) groups excluding carboxylic acids is 3. The molecule has 164 valence electrons. The zero-order valence-corrected chi connectivity index (χ0v) is 18.2. The Bertz CT molecular complexity index is 954. The molecular weight excluding hydrogens is 412 g/mol. The van der Waals surface area contributed by atoms with Gasteiger partial charge in [-0.3, -0.25) is 14.4 Å². The predicted molar refractivity (Wildman–Crippen MR) is 123 cm³/mol. The lowest BCUT2D eigenvalue weighted by atomic mass is 9.81. The van der Waals surface area contributed by atoms with E-state index in [2.05, 4.69) is 10.6 Å². The summed E-state index contributed by atoms with van der Waals surface area (Å²) in [5.74, 6) is -0.199. The van der Waals surface area contributed by atoms with Crippen molar-refractivity contribution in [2.45, 2.75) is 44.6 Å². The molecule has 2 aliphatic rings. The molecule has 1 aromatic carbocycles. The first kappa shape index (κ1) is 21.5. The van der Waals surface area contributed by atoms with Gasteiger partial charge < -0.3 is 21.3 Å². The van der Waals surface area contributed by atoms with E-state index in [-0.39, 0.29) is 36.1 Å². The van der Waals surface area contributed by atoms with Gasteiger partial charge in [0.15, 0.2) is 0 Å². The van der Waals surface area contributed by atoms with Gasteiger partial charge in [0.05, 0.1) is 16.3 Å². The maximum atomic E-state index is 13.6. The summed E-state index contributed by atoms with van der Waals surface area (Å²) < 4.78 is 0. The molecule has 1 aliphatic carbocycles. The summed E-state index contributed by atoms with van der Waals surface area (Å²) in [4.78, 5) is 41.3. The highest BCUT2D eigenvalue weighted by molar-refractivity contribution is 7.12. The van der Waals surface area contributed by atoms with Gasteiger partial charge in [0.25, 0.3) is 11.8 Å². The van der Waals surface area contributed by atoms with E-state index in [1.807, 2.05) is 17.5 Å². The van der Waals surface area contributed by atoms with Crippen LogP contribution in [0.25, 0.3) is 0 Å². The van der Waals surface area contributed by atoms with E-state index in [1.165, 1.54) is 17.8 Å². The Kier molecular flexibility index (Phi) is 6.67. The van der Waals surface area contributed by atoms with Crippen molar-refractivity contribution in [2.24, 2.45) is 11.7 Å². The molecule has 0 spiro atoms. The van der Waals surface area contributed by atoms with Gasteiger partial charge in [-0.15, -0.1) is 11.3 Å². The Morgan fingerprint density at radius 1 is 1.19 bits per heavy atom. The fourth-order valence-electron chi connectivity index (χ4n) is 4.61. The third-order valence-corrected chi connectivity index (χ3v) is 6.95. The SMILES string of the molecule is NCCNC(=O)c1ccc2c(c1)NC(=O)CC(C1CCCCC1)N2C(=O)c1cccs1. The minimum Gasteiger partial charge on any atom is -0.351 e. The van der Waals surface area contributed by atoms with E-state index < -0.39 is 0 Å². The summed E-state index contributed by atoms with van der Waals surface area (Å²) in [6, 6.07) is 8.61. The van der Waals surface area contributed by atoms with Crippen molar-refractivity contribution in [3.05, 3.63) is 46.2 Å². The molecule has 8 heteroatoms. The maximum Gasteiger partial charge on any atom is 0.268 e. The molecule has 0 bridgehead atoms. The smallest absolute Gasteiger partial charge is 0.268 e. The largest absolute Gasteiger partial charge is 0.351 e. The first-order valence-corrected chi connectivity index (χ1v) is 11.8. The fourth-order valence-corrected chi connectivity index (χ4v) is 5.27. The second-order valence-electron chi connectivity index (χ2n) is 8.15. The first-order chi connectivity index (χ1) is 15.1. The Hall–Kier alpha value is -2.71. The molecule has 2 aromatic rings. The van der Waals surface area contributed by atoms with Crippen LogP contribution in [0, 0.1) is 5.92 Å². The lowest BCUT2D eigenvalue weighted by Crippen LogP contribution is -2.45. The number of benzene rings is 1. The highest BCUT2D eigenvalue weighted by Crippen LogP contribution is 2.39. The van der Waals surface area contributed by atoms with E-state index in [4.69, 9.17) is 5.73 Å². The van der Waals surface area contributed by atoms with E-state index >= 15 is 0 Å². The second kappa shape index (κ2) is 9.62. The molecule has 4 rings (SSSR count). The molecule has 3 amide bonds. The number of carbonyl (C=O) groups is 3. The summed E-state index contributed by atoms with van der Waals surface area (Å²) >= 11 is 1.40. The molecule has 0 radical (unpaired) electrons. The Balaban J connectivity index is 1.75. The monoisotopic (exact) mass is 440 g/mol. The van der Waals surface area contributed by atoms with Crippen LogP contribution in [0.1, 0.15) is 58.6 Å². The Morgan fingerprint density at radius 2 is 2.00 bits per heavy atom. The number of fused-ring (bicyclic) bond motifs is 1. The number of amides is 3. The third-order valence-electron chi connectivity index (χ3n) is 6.09. The molecular formula is C23H28N4O3S. The lowest BCUT2D eigenvalue weighted by Gasteiger charge is -2.37. The average Bonchev–Trinajstić information content (AvgIpc) is 3.28. The molecule has 31 heavy (non-hydrogen) atoms. The third kappa shape index (κ3) is 4.65. The van der Waals surface area contributed by atoms with Crippen molar-refractivity contribution in [2.75, 3.05) is 23.3 Å². The van der Waals surface area contributed by atoms with Crippen LogP contribution in [0.2, 0.25) is 0 Å². The lowest BCUT2D eigenvalue weighted by molar-refractivity contribution is -0.116. The van der Waals surface area contributed by atoms with Crippen LogP contribution < -0.4 is 21.3 Å². The van der Waals surface area contributed by atoms with Crippen LogP contribution in [-0.4, -0.2) is 36.9 Å². The van der Waals surface area contributed by atoms with Crippen molar-refractivity contribution in [1.29, 1.82) is 0 Å². The van der Waals surface area contributed by atoms with Crippen molar-refractivity contribution in [3.63, 3.8) is 0 Å². The van der Waals surface area contributed by atoms with Gasteiger partial charge in [-0.25, -0.2) is 0 Å². The number of thiophene rings is 1. The number of nitrogens with two attached hydrogens (primary N) is 1. The van der Waals surface area contributed by atoms with Crippen LogP contribution in [0.4, 0.5) is 11.4 Å². The number of hydrogen-bond donors (Lipinski definition) is 3. The summed E-state index contributed by atoms with van der Waals surface area (Å²) in [5, 5.41) is 7.57. The van der Waals surface area contributed by atoms with Gasteiger partial charge in [0.1, 0.15) is 0 Å². The van der Waals surface area contributed by atoms with Gasteiger partial charge in [-0.2, -0.15) is 0 Å². The molecule has 2 heterocycles. The molecule has 1 saturated carbocycles. The van der Waals surface area contributed by atoms with Gasteiger partial charge in [0, 0.05) is 31.1 Å². The van der Waals surface area contributed by atoms with E-state index in [0.717, 1.165) is 25.7 Å². The van der Waals surface area contributed by atoms with E-state index in [1.54, 1.807) is 23.1 Å². The standard InChI is InChI=1S/C23H28N4O3S/c24-10-11-25-22(29)16-8-9-18-17(13-16)26-21(28)14-19(15-5-2-1-3-6-15)27(18)23(30)20-7-4-12-31-20/h4,7-9,12-13,15,19H,1-3,5-6,10-11,14,24H2,(H,25,29)(H,26,28). The van der Waals surface area contributed by atoms with Crippen molar-refractivity contribution < 1.29 is 14.4 Å². The van der Waals surface area contributed by atoms with Crippen LogP contribution >= 0.6 is 11.3 Å². The fraction of sp³-hybridized carbons (Fsp3) is 0.435. The minimum atomic E-state index is -0.258. The molecule has 0 saturated heterocycles. The molecule has 1 aliphatic heterocycles. The van der Waals surface area contributed by atoms with Crippen molar-refractivity contribution >= 4 is 40.4 Å². The summed E-state index contributed by atoms with van der Waals surface area (Å²) in [5.41, 5.74) is 7.04. The van der Waals surface area contributed by atoms with Crippen molar-refractivity contribution in [1.82, 2.24) is 5.32 Å². The predicted octanol–water partition coefficient (Wildman–Crippen LogP) is 3.37. The van der Waals surface area contributed by atoms with Gasteiger partial charge >= 0.3 is 0 Å². The summed E-state index contributed by atoms with van der Waals surface area (Å²) in [6.07, 6.45) is 5.73. The highest BCUT2D eigenvalue weighted by Gasteiger charge is 2.38. The van der Waals surface area contributed by atoms with Crippen molar-refractivity contribution in [3.8, 4) is 0 Å². The Morgan fingerprint density at radius 3 is 2.71 bits per heavy atom. The number of nitrogens with one attached hydrogen (secondary N) is 2. The molecule has 1 aromatic heterocycles. The average molecular weight is 441 g/mol. The highest BCUT2D eigenvalue weighted by atomic mass is 32.1. The minimum absolute atomic E-state index is 0.0938. The zero-order chi connectivity index (χ0) is 21.8. The maximum absolute atomic E-state index is 13.6. The van der Waals surface area contributed by atoms with Crippen LogP contribution in [0.5, 0.6) is 0 Å². The number of rotatable bonds is 5. The summed E-state index contributed by atoms with van der Waals surface area (Å²) in [6.45, 7) is 0.717. The molecule has 1 unspecified atom stereocenters. The van der Waals surface area contributed by atoms with Crippen LogP contribution in [0.15, 0.2) is 35.7 Å². The topological polar surface area (TPSA) is 105 Å². The molecule has 1 atom stereocenters. The number of anilines is 2. The molecule has 7 nitrogen and oxygen atoms in total. The zero-order valence-electron chi connectivity index (χ0n) is 17.4. The van der Waals surface area contributed by atoms with E-state index in [0.29, 0.717) is 34.9 Å².